The molecule has 0 fully saturated rings. The van der Waals surface area contributed by atoms with Crippen molar-refractivity contribution in [3.63, 3.8) is 0 Å². The molecule has 21 heavy (non-hydrogen) atoms. The van der Waals surface area contributed by atoms with Crippen LogP contribution in [0, 0.1) is 5.82 Å². The highest BCUT2D eigenvalue weighted by atomic mass is 79.9. The molecular weight excluding hydrogens is 397 g/mol. The molecule has 0 radical (unpaired) electrons. The van der Waals surface area contributed by atoms with Crippen LogP contribution < -0.4 is 5.32 Å². The van der Waals surface area contributed by atoms with Crippen LogP contribution in [0.4, 0.5) is 4.39 Å². The average Bonchev–Trinajstić information content (AvgIpc) is 2.46. The van der Waals surface area contributed by atoms with E-state index in [1.54, 1.807) is 0 Å². The van der Waals surface area contributed by atoms with E-state index in [0.29, 0.717) is 10.5 Å². The van der Waals surface area contributed by atoms with Gasteiger partial charge >= 0.3 is 0 Å². The standard InChI is InChI=1S/C17H18Br2FN/c1-2-21-14(11-13-5-3-4-6-15(13)18)9-12-7-8-17(20)16(19)10-12/h3-8,10,14,21H,2,9,11H2,1H3. The Morgan fingerprint density at radius 3 is 2.48 bits per heavy atom. The maximum atomic E-state index is 13.3. The van der Waals surface area contributed by atoms with E-state index in [1.165, 1.54) is 11.6 Å². The van der Waals surface area contributed by atoms with Gasteiger partial charge in [0.1, 0.15) is 5.82 Å². The van der Waals surface area contributed by atoms with Crippen LogP contribution in [0.15, 0.2) is 51.4 Å². The normalized spacial score (nSPS) is 12.4. The number of benzene rings is 2. The van der Waals surface area contributed by atoms with Gasteiger partial charge in [-0.1, -0.05) is 47.1 Å². The molecule has 0 amide bonds. The number of nitrogens with one attached hydrogen (secondary N) is 1. The molecule has 0 aliphatic heterocycles. The van der Waals surface area contributed by atoms with Crippen molar-refractivity contribution in [2.24, 2.45) is 0 Å². The lowest BCUT2D eigenvalue weighted by Gasteiger charge is -2.19. The summed E-state index contributed by atoms with van der Waals surface area (Å²) in [5, 5.41) is 3.51. The molecule has 2 rings (SSSR count). The van der Waals surface area contributed by atoms with Crippen molar-refractivity contribution in [1.29, 1.82) is 0 Å². The molecule has 0 spiro atoms. The average molecular weight is 415 g/mol. The van der Waals surface area contributed by atoms with Gasteiger partial charge in [0.15, 0.2) is 0 Å². The van der Waals surface area contributed by atoms with Crippen molar-refractivity contribution in [3.05, 3.63) is 68.4 Å². The minimum atomic E-state index is -0.218. The lowest BCUT2D eigenvalue weighted by Crippen LogP contribution is -2.33. The van der Waals surface area contributed by atoms with Gasteiger partial charge in [-0.3, -0.25) is 0 Å². The second kappa shape index (κ2) is 8.06. The van der Waals surface area contributed by atoms with Crippen LogP contribution in [0.1, 0.15) is 18.1 Å². The maximum absolute atomic E-state index is 13.3. The summed E-state index contributed by atoms with van der Waals surface area (Å²) in [6.45, 7) is 3.02. The van der Waals surface area contributed by atoms with E-state index in [1.807, 2.05) is 18.2 Å². The molecule has 1 nitrogen and oxygen atoms in total. The van der Waals surface area contributed by atoms with Crippen LogP contribution >= 0.6 is 31.9 Å². The molecule has 4 heteroatoms. The van der Waals surface area contributed by atoms with Crippen molar-refractivity contribution in [2.45, 2.75) is 25.8 Å². The smallest absolute Gasteiger partial charge is 0.137 e. The van der Waals surface area contributed by atoms with E-state index < -0.39 is 0 Å². The largest absolute Gasteiger partial charge is 0.314 e. The summed E-state index contributed by atoms with van der Waals surface area (Å²) in [7, 11) is 0. The molecule has 1 atom stereocenters. The molecular formula is C17H18Br2FN. The Labute approximate surface area is 142 Å². The molecule has 112 valence electrons. The molecule has 0 aliphatic carbocycles. The quantitative estimate of drug-likeness (QED) is 0.692. The van der Waals surface area contributed by atoms with Gasteiger partial charge in [0, 0.05) is 10.5 Å². The van der Waals surface area contributed by atoms with Crippen molar-refractivity contribution in [1.82, 2.24) is 5.32 Å². The van der Waals surface area contributed by atoms with E-state index in [0.717, 1.165) is 29.4 Å². The van der Waals surface area contributed by atoms with Gasteiger partial charge in [0.05, 0.1) is 4.47 Å². The third-order valence-corrected chi connectivity index (χ3v) is 4.76. The highest BCUT2D eigenvalue weighted by Gasteiger charge is 2.12. The van der Waals surface area contributed by atoms with E-state index >= 15 is 0 Å². The Hall–Kier alpha value is -0.710. The van der Waals surface area contributed by atoms with Crippen molar-refractivity contribution < 1.29 is 4.39 Å². The van der Waals surface area contributed by atoms with Crippen LogP contribution in [0.25, 0.3) is 0 Å². The van der Waals surface area contributed by atoms with Crippen LogP contribution in [0.5, 0.6) is 0 Å². The first kappa shape index (κ1) is 16.7. The van der Waals surface area contributed by atoms with Crippen LogP contribution in [0.3, 0.4) is 0 Å². The molecule has 0 bridgehead atoms. The zero-order valence-electron chi connectivity index (χ0n) is 11.9. The van der Waals surface area contributed by atoms with Gasteiger partial charge in [0.2, 0.25) is 0 Å². The first-order valence-electron chi connectivity index (χ1n) is 7.01. The lowest BCUT2D eigenvalue weighted by molar-refractivity contribution is 0.520. The molecule has 0 aromatic heterocycles. The number of hydrogen-bond acceptors (Lipinski definition) is 1. The minimum Gasteiger partial charge on any atom is -0.314 e. The summed E-state index contributed by atoms with van der Waals surface area (Å²) in [6, 6.07) is 13.8. The zero-order chi connectivity index (χ0) is 15.2. The van der Waals surface area contributed by atoms with Gasteiger partial charge < -0.3 is 5.32 Å². The second-order valence-electron chi connectivity index (χ2n) is 5.00. The van der Waals surface area contributed by atoms with Crippen molar-refractivity contribution in [3.8, 4) is 0 Å². The maximum Gasteiger partial charge on any atom is 0.137 e. The summed E-state index contributed by atoms with van der Waals surface area (Å²) < 4.78 is 15.0. The Morgan fingerprint density at radius 2 is 1.81 bits per heavy atom. The predicted octanol–water partition coefficient (Wildman–Crippen LogP) is 5.11. The molecule has 1 unspecified atom stereocenters. The zero-order valence-corrected chi connectivity index (χ0v) is 15.0. The van der Waals surface area contributed by atoms with Gasteiger partial charge in [-0.05, 0) is 64.6 Å². The fourth-order valence-corrected chi connectivity index (χ4v) is 3.26. The summed E-state index contributed by atoms with van der Waals surface area (Å²) in [5.41, 5.74) is 2.41. The molecule has 2 aromatic carbocycles. The first-order valence-corrected chi connectivity index (χ1v) is 8.59. The number of likely N-dealkylation sites (N-methyl/N-ethyl adjacent to an activating group) is 1. The van der Waals surface area contributed by atoms with Crippen molar-refractivity contribution in [2.75, 3.05) is 6.54 Å². The van der Waals surface area contributed by atoms with E-state index in [-0.39, 0.29) is 5.82 Å². The fraction of sp³-hybridized carbons (Fsp3) is 0.294. The molecule has 0 heterocycles. The second-order valence-corrected chi connectivity index (χ2v) is 6.71. The molecule has 0 saturated carbocycles. The Morgan fingerprint density at radius 1 is 1.05 bits per heavy atom. The number of rotatable bonds is 6. The summed E-state index contributed by atoms with van der Waals surface area (Å²) >= 11 is 6.85. The SMILES string of the molecule is CCNC(Cc1ccc(F)c(Br)c1)Cc1ccccc1Br. The van der Waals surface area contributed by atoms with Gasteiger partial charge in [-0.25, -0.2) is 4.39 Å². The van der Waals surface area contributed by atoms with E-state index in [9.17, 15) is 4.39 Å². The summed E-state index contributed by atoms with van der Waals surface area (Å²) in [6.07, 6.45) is 1.80. The molecule has 2 aromatic rings. The Balaban J connectivity index is 2.11. The van der Waals surface area contributed by atoms with Crippen molar-refractivity contribution >= 4 is 31.9 Å². The third kappa shape index (κ3) is 4.90. The molecule has 0 aliphatic rings. The number of hydrogen-bond donors (Lipinski definition) is 1. The molecule has 1 N–H and O–H groups in total. The third-order valence-electron chi connectivity index (χ3n) is 3.38. The minimum absolute atomic E-state index is 0.218. The fourth-order valence-electron chi connectivity index (χ4n) is 2.39. The summed E-state index contributed by atoms with van der Waals surface area (Å²) in [5.74, 6) is -0.218. The van der Waals surface area contributed by atoms with Gasteiger partial charge in [-0.15, -0.1) is 0 Å². The predicted molar refractivity (Wildman–Crippen MR) is 93.1 cm³/mol. The Bertz CT molecular complexity index is 601. The first-order chi connectivity index (χ1) is 10.1. The van der Waals surface area contributed by atoms with Crippen LogP contribution in [-0.2, 0) is 12.8 Å². The van der Waals surface area contributed by atoms with Gasteiger partial charge in [-0.2, -0.15) is 0 Å². The highest BCUT2D eigenvalue weighted by molar-refractivity contribution is 9.10. The van der Waals surface area contributed by atoms with E-state index in [4.69, 9.17) is 0 Å². The van der Waals surface area contributed by atoms with Crippen LogP contribution in [-0.4, -0.2) is 12.6 Å². The monoisotopic (exact) mass is 413 g/mol. The number of halogens is 3. The highest BCUT2D eigenvalue weighted by Crippen LogP contribution is 2.21. The van der Waals surface area contributed by atoms with Crippen LogP contribution in [0.2, 0.25) is 0 Å². The lowest BCUT2D eigenvalue weighted by atomic mass is 9.99. The van der Waals surface area contributed by atoms with E-state index in [2.05, 4.69) is 62.3 Å². The summed E-state index contributed by atoms with van der Waals surface area (Å²) in [4.78, 5) is 0. The molecule has 0 saturated heterocycles. The Kier molecular flexibility index (Phi) is 6.40. The topological polar surface area (TPSA) is 12.0 Å². The van der Waals surface area contributed by atoms with Gasteiger partial charge in [0.25, 0.3) is 0 Å².